The fourth-order valence-corrected chi connectivity index (χ4v) is 4.52. The van der Waals surface area contributed by atoms with E-state index in [2.05, 4.69) is 36.6 Å². The number of carbonyl (C=O) groups is 1. The molecule has 3 atom stereocenters. The van der Waals surface area contributed by atoms with Gasteiger partial charge in [-0.05, 0) is 57.7 Å². The Balaban J connectivity index is 1.55. The molecule has 2 fully saturated rings. The topological polar surface area (TPSA) is 59.0 Å². The normalized spacial score (nSPS) is 26.7. The second-order valence-corrected chi connectivity index (χ2v) is 7.95. The van der Waals surface area contributed by atoms with Crippen molar-refractivity contribution in [3.8, 4) is 0 Å². The fourth-order valence-electron chi connectivity index (χ4n) is 4.52. The smallest absolute Gasteiger partial charge is 0.223 e. The zero-order valence-electron chi connectivity index (χ0n) is 14.7. The summed E-state index contributed by atoms with van der Waals surface area (Å²) >= 11 is 0. The molecule has 1 saturated heterocycles. The van der Waals surface area contributed by atoms with E-state index in [-0.39, 0.29) is 11.8 Å². The van der Waals surface area contributed by atoms with Crippen LogP contribution in [0.15, 0.2) is 24.3 Å². The number of nitrogens with one attached hydrogen (secondary N) is 2. The summed E-state index contributed by atoms with van der Waals surface area (Å²) in [7, 11) is 1.95. The lowest BCUT2D eigenvalue weighted by molar-refractivity contribution is -0.126. The van der Waals surface area contributed by atoms with Crippen LogP contribution in [0.1, 0.15) is 32.4 Å². The van der Waals surface area contributed by atoms with Crippen LogP contribution < -0.4 is 10.6 Å². The molecule has 1 aliphatic heterocycles. The number of aryl methyl sites for hydroxylation is 1. The summed E-state index contributed by atoms with van der Waals surface area (Å²) in [5.41, 5.74) is 1.55. The van der Waals surface area contributed by atoms with Crippen molar-refractivity contribution in [2.75, 3.05) is 13.1 Å². The highest BCUT2D eigenvalue weighted by Crippen LogP contribution is 2.39. The van der Waals surface area contributed by atoms with E-state index in [1.807, 2.05) is 23.9 Å². The number of carbonyl (C=O) groups excluding carboxylic acids is 1. The lowest BCUT2D eigenvalue weighted by Gasteiger charge is -2.27. The SMILES string of the molecule is Cn1nc(C(C)(C)NC(=O)[C@@H]2C[C@H]3CNC[C@H]3C2)c2ccccc21. The molecular weight excluding hydrogens is 300 g/mol. The van der Waals surface area contributed by atoms with E-state index in [1.165, 1.54) is 0 Å². The number of rotatable bonds is 3. The minimum absolute atomic E-state index is 0.149. The lowest BCUT2D eigenvalue weighted by atomic mass is 9.95. The Hall–Kier alpha value is -1.88. The minimum atomic E-state index is -0.478. The van der Waals surface area contributed by atoms with Crippen molar-refractivity contribution in [3.63, 3.8) is 0 Å². The van der Waals surface area contributed by atoms with Gasteiger partial charge in [-0.15, -0.1) is 0 Å². The first kappa shape index (κ1) is 15.6. The maximum Gasteiger partial charge on any atom is 0.223 e. The van der Waals surface area contributed by atoms with Crippen LogP contribution in [-0.2, 0) is 17.4 Å². The van der Waals surface area contributed by atoms with Crippen LogP contribution in [0, 0.1) is 17.8 Å². The zero-order valence-corrected chi connectivity index (χ0v) is 14.7. The van der Waals surface area contributed by atoms with E-state index in [0.717, 1.165) is 42.5 Å². The summed E-state index contributed by atoms with van der Waals surface area (Å²) in [6, 6.07) is 8.19. The minimum Gasteiger partial charge on any atom is -0.345 e. The average molecular weight is 326 g/mol. The molecule has 1 aromatic carbocycles. The van der Waals surface area contributed by atoms with Gasteiger partial charge in [0.1, 0.15) is 0 Å². The molecule has 5 heteroatoms. The predicted molar refractivity (Wildman–Crippen MR) is 94.5 cm³/mol. The number of fused-ring (bicyclic) bond motifs is 2. The molecule has 5 nitrogen and oxygen atoms in total. The molecule has 0 spiro atoms. The van der Waals surface area contributed by atoms with Gasteiger partial charge in [-0.3, -0.25) is 9.48 Å². The molecule has 2 N–H and O–H groups in total. The molecule has 1 aromatic heterocycles. The molecule has 24 heavy (non-hydrogen) atoms. The van der Waals surface area contributed by atoms with Gasteiger partial charge in [0.15, 0.2) is 0 Å². The van der Waals surface area contributed by atoms with E-state index < -0.39 is 5.54 Å². The maximum absolute atomic E-state index is 12.8. The summed E-state index contributed by atoms with van der Waals surface area (Å²) in [6.07, 6.45) is 2.03. The standard InChI is InChI=1S/C19H26N4O/c1-19(2,17-15-6-4-5-7-16(15)23(3)22-17)21-18(24)12-8-13-10-20-11-14(13)9-12/h4-7,12-14,20H,8-11H2,1-3H3,(H,21,24)/t12-,13+,14-. The Bertz CT molecular complexity index is 767. The maximum atomic E-state index is 12.8. The Kier molecular flexibility index (Phi) is 3.64. The van der Waals surface area contributed by atoms with Gasteiger partial charge in [0.05, 0.1) is 16.7 Å². The molecule has 2 aromatic rings. The summed E-state index contributed by atoms with van der Waals surface area (Å²) in [5, 5.41) is 12.5. The number of nitrogens with zero attached hydrogens (tertiary/aromatic N) is 2. The van der Waals surface area contributed by atoms with Crippen molar-refractivity contribution in [1.29, 1.82) is 0 Å². The van der Waals surface area contributed by atoms with Crippen molar-refractivity contribution in [3.05, 3.63) is 30.0 Å². The molecule has 2 aliphatic rings. The fraction of sp³-hybridized carbons (Fsp3) is 0.579. The van der Waals surface area contributed by atoms with Crippen LogP contribution in [-0.4, -0.2) is 28.8 Å². The van der Waals surface area contributed by atoms with Crippen LogP contribution in [0.2, 0.25) is 0 Å². The largest absolute Gasteiger partial charge is 0.345 e. The number of para-hydroxylation sites is 1. The number of benzene rings is 1. The number of hydrogen-bond donors (Lipinski definition) is 2. The molecule has 1 amide bonds. The first-order valence-corrected chi connectivity index (χ1v) is 8.90. The van der Waals surface area contributed by atoms with Gasteiger partial charge in [0, 0.05) is 18.4 Å². The van der Waals surface area contributed by atoms with Gasteiger partial charge in [-0.2, -0.15) is 5.10 Å². The summed E-state index contributed by atoms with van der Waals surface area (Å²) in [4.78, 5) is 12.8. The van der Waals surface area contributed by atoms with Crippen LogP contribution in [0.5, 0.6) is 0 Å². The van der Waals surface area contributed by atoms with Gasteiger partial charge in [-0.1, -0.05) is 18.2 Å². The quantitative estimate of drug-likeness (QED) is 0.909. The zero-order chi connectivity index (χ0) is 16.9. The molecule has 2 heterocycles. The highest BCUT2D eigenvalue weighted by Gasteiger charge is 2.41. The van der Waals surface area contributed by atoms with Gasteiger partial charge >= 0.3 is 0 Å². The molecule has 128 valence electrons. The Labute approximate surface area is 142 Å². The second-order valence-electron chi connectivity index (χ2n) is 7.95. The summed E-state index contributed by atoms with van der Waals surface area (Å²) in [6.45, 7) is 6.25. The van der Waals surface area contributed by atoms with E-state index >= 15 is 0 Å². The predicted octanol–water partition coefficient (Wildman–Crippen LogP) is 2.17. The monoisotopic (exact) mass is 326 g/mol. The van der Waals surface area contributed by atoms with Gasteiger partial charge in [-0.25, -0.2) is 0 Å². The van der Waals surface area contributed by atoms with Crippen molar-refractivity contribution in [2.45, 2.75) is 32.2 Å². The Morgan fingerprint density at radius 3 is 2.62 bits per heavy atom. The highest BCUT2D eigenvalue weighted by molar-refractivity contribution is 5.85. The molecular formula is C19H26N4O. The van der Waals surface area contributed by atoms with Crippen molar-refractivity contribution in [1.82, 2.24) is 20.4 Å². The molecule has 0 bridgehead atoms. The first-order chi connectivity index (χ1) is 11.5. The van der Waals surface area contributed by atoms with Crippen molar-refractivity contribution >= 4 is 16.8 Å². The lowest BCUT2D eigenvalue weighted by Crippen LogP contribution is -2.44. The highest BCUT2D eigenvalue weighted by atomic mass is 16.2. The van der Waals surface area contributed by atoms with E-state index in [4.69, 9.17) is 5.10 Å². The number of amides is 1. The summed E-state index contributed by atoms with van der Waals surface area (Å²) < 4.78 is 1.89. The first-order valence-electron chi connectivity index (χ1n) is 8.90. The molecule has 0 radical (unpaired) electrons. The van der Waals surface area contributed by atoms with Crippen molar-refractivity contribution in [2.24, 2.45) is 24.8 Å². The van der Waals surface area contributed by atoms with Gasteiger partial charge in [0.25, 0.3) is 0 Å². The number of hydrogen-bond acceptors (Lipinski definition) is 3. The van der Waals surface area contributed by atoms with Crippen LogP contribution in [0.4, 0.5) is 0 Å². The molecule has 4 rings (SSSR count). The third-order valence-corrected chi connectivity index (χ3v) is 5.81. The van der Waals surface area contributed by atoms with Crippen LogP contribution in [0.3, 0.4) is 0 Å². The van der Waals surface area contributed by atoms with Crippen LogP contribution >= 0.6 is 0 Å². The molecule has 1 saturated carbocycles. The molecule has 1 aliphatic carbocycles. The van der Waals surface area contributed by atoms with E-state index in [9.17, 15) is 4.79 Å². The second kappa shape index (κ2) is 5.59. The Morgan fingerprint density at radius 1 is 1.25 bits per heavy atom. The van der Waals surface area contributed by atoms with E-state index in [1.54, 1.807) is 0 Å². The van der Waals surface area contributed by atoms with Gasteiger partial charge < -0.3 is 10.6 Å². The third kappa shape index (κ3) is 2.51. The van der Waals surface area contributed by atoms with Crippen molar-refractivity contribution < 1.29 is 4.79 Å². The summed E-state index contributed by atoms with van der Waals surface area (Å²) in [5.74, 6) is 1.69. The molecule has 0 unspecified atom stereocenters. The Morgan fingerprint density at radius 2 is 1.92 bits per heavy atom. The third-order valence-electron chi connectivity index (χ3n) is 5.81. The average Bonchev–Trinajstić information content (AvgIpc) is 3.20. The number of aromatic nitrogens is 2. The van der Waals surface area contributed by atoms with Gasteiger partial charge in [0.2, 0.25) is 5.91 Å². The van der Waals surface area contributed by atoms with Crippen LogP contribution in [0.25, 0.3) is 10.9 Å². The van der Waals surface area contributed by atoms with E-state index in [0.29, 0.717) is 11.8 Å².